The molecule has 0 aliphatic carbocycles. The van der Waals surface area contributed by atoms with Gasteiger partial charge in [0.2, 0.25) is 0 Å². The predicted molar refractivity (Wildman–Crippen MR) is 92.7 cm³/mol. The Kier molecular flexibility index (Phi) is 4.27. The molecule has 21 heavy (non-hydrogen) atoms. The zero-order valence-electron chi connectivity index (χ0n) is 11.7. The second-order valence-electron chi connectivity index (χ2n) is 4.86. The summed E-state index contributed by atoms with van der Waals surface area (Å²) in [4.78, 5) is 5.99. The summed E-state index contributed by atoms with van der Waals surface area (Å²) in [7, 11) is 0. The molecule has 0 spiro atoms. The molecule has 2 aromatic carbocycles. The minimum atomic E-state index is 0.774. The summed E-state index contributed by atoms with van der Waals surface area (Å²) in [6.45, 7) is 2.12. The van der Waals surface area contributed by atoms with Gasteiger partial charge in [-0.15, -0.1) is 23.1 Å². The van der Waals surface area contributed by atoms with Crippen molar-refractivity contribution in [2.24, 2.45) is 0 Å². The summed E-state index contributed by atoms with van der Waals surface area (Å²) in [5.41, 5.74) is 9.98. The lowest BCUT2D eigenvalue weighted by Gasteiger charge is -2.00. The van der Waals surface area contributed by atoms with Crippen molar-refractivity contribution >= 4 is 28.8 Å². The second-order valence-corrected chi connectivity index (χ2v) is 6.85. The third-order valence-corrected chi connectivity index (χ3v) is 5.12. The quantitative estimate of drug-likeness (QED) is 0.544. The van der Waals surface area contributed by atoms with Crippen LogP contribution in [0.5, 0.6) is 0 Å². The molecule has 1 heterocycles. The van der Waals surface area contributed by atoms with E-state index >= 15 is 0 Å². The molecule has 0 fully saturated rings. The van der Waals surface area contributed by atoms with Crippen LogP contribution in [0, 0.1) is 6.92 Å². The van der Waals surface area contributed by atoms with Crippen molar-refractivity contribution in [2.75, 3.05) is 5.73 Å². The van der Waals surface area contributed by atoms with Crippen molar-refractivity contribution in [3.8, 4) is 11.3 Å². The zero-order valence-corrected chi connectivity index (χ0v) is 13.4. The molecular weight excluding hydrogens is 296 g/mol. The van der Waals surface area contributed by atoms with E-state index < -0.39 is 0 Å². The lowest BCUT2D eigenvalue weighted by atomic mass is 10.1. The molecule has 1 aromatic heterocycles. The largest absolute Gasteiger partial charge is 0.399 e. The van der Waals surface area contributed by atoms with Crippen LogP contribution in [0.4, 0.5) is 5.69 Å². The molecule has 3 aromatic rings. The Morgan fingerprint density at radius 1 is 1.14 bits per heavy atom. The highest BCUT2D eigenvalue weighted by molar-refractivity contribution is 7.98. The van der Waals surface area contributed by atoms with E-state index in [1.165, 1.54) is 10.5 Å². The van der Waals surface area contributed by atoms with Crippen LogP contribution >= 0.6 is 23.1 Å². The smallest absolute Gasteiger partial charge is 0.104 e. The van der Waals surface area contributed by atoms with E-state index in [4.69, 9.17) is 10.7 Å². The highest BCUT2D eigenvalue weighted by Gasteiger charge is 2.05. The van der Waals surface area contributed by atoms with Crippen LogP contribution in [0.25, 0.3) is 11.3 Å². The number of anilines is 1. The molecule has 0 aliphatic heterocycles. The first-order valence-electron chi connectivity index (χ1n) is 6.70. The monoisotopic (exact) mass is 312 g/mol. The van der Waals surface area contributed by atoms with Gasteiger partial charge in [-0.05, 0) is 31.2 Å². The first-order valence-corrected chi connectivity index (χ1v) is 8.57. The number of rotatable bonds is 4. The maximum atomic E-state index is 5.82. The van der Waals surface area contributed by atoms with Gasteiger partial charge in [0, 0.05) is 21.5 Å². The molecule has 0 saturated heterocycles. The highest BCUT2D eigenvalue weighted by Crippen LogP contribution is 2.28. The SMILES string of the molecule is Cc1cccc(SCc2nc(-c3cccc(N)c3)cs2)c1. The zero-order chi connectivity index (χ0) is 14.7. The van der Waals surface area contributed by atoms with Gasteiger partial charge in [-0.2, -0.15) is 0 Å². The minimum Gasteiger partial charge on any atom is -0.399 e. The average Bonchev–Trinajstić information content (AvgIpc) is 2.94. The lowest BCUT2D eigenvalue weighted by molar-refractivity contribution is 1.26. The molecule has 4 heteroatoms. The Labute approximate surface area is 133 Å². The normalized spacial score (nSPS) is 10.7. The number of hydrogen-bond acceptors (Lipinski definition) is 4. The Balaban J connectivity index is 1.71. The van der Waals surface area contributed by atoms with E-state index in [1.807, 2.05) is 36.0 Å². The molecule has 2 N–H and O–H groups in total. The van der Waals surface area contributed by atoms with Gasteiger partial charge < -0.3 is 5.73 Å². The van der Waals surface area contributed by atoms with Crippen LogP contribution in [-0.2, 0) is 5.75 Å². The Morgan fingerprint density at radius 2 is 2.00 bits per heavy atom. The fourth-order valence-corrected chi connectivity index (χ4v) is 3.89. The number of nitrogens with two attached hydrogens (primary N) is 1. The maximum absolute atomic E-state index is 5.82. The van der Waals surface area contributed by atoms with Crippen molar-refractivity contribution in [3.05, 3.63) is 64.5 Å². The molecule has 0 atom stereocenters. The van der Waals surface area contributed by atoms with Crippen LogP contribution in [-0.4, -0.2) is 4.98 Å². The van der Waals surface area contributed by atoms with E-state index in [2.05, 4.69) is 36.6 Å². The van der Waals surface area contributed by atoms with E-state index in [1.54, 1.807) is 11.3 Å². The van der Waals surface area contributed by atoms with Crippen LogP contribution in [0.3, 0.4) is 0 Å². The van der Waals surface area contributed by atoms with E-state index in [-0.39, 0.29) is 0 Å². The fourth-order valence-electron chi connectivity index (χ4n) is 2.06. The van der Waals surface area contributed by atoms with Gasteiger partial charge in [-0.25, -0.2) is 4.98 Å². The predicted octanol–water partition coefficient (Wildman–Crippen LogP) is 4.99. The van der Waals surface area contributed by atoms with Gasteiger partial charge in [-0.3, -0.25) is 0 Å². The summed E-state index contributed by atoms with van der Waals surface area (Å²) in [5.74, 6) is 0.899. The number of nitrogen functional groups attached to an aromatic ring is 1. The number of hydrogen-bond donors (Lipinski definition) is 1. The third-order valence-electron chi connectivity index (χ3n) is 3.09. The summed E-state index contributed by atoms with van der Waals surface area (Å²) in [5, 5.41) is 3.24. The number of thioether (sulfide) groups is 1. The van der Waals surface area contributed by atoms with E-state index in [0.29, 0.717) is 0 Å². The summed E-state index contributed by atoms with van der Waals surface area (Å²) < 4.78 is 0. The molecule has 106 valence electrons. The molecule has 0 saturated carbocycles. The van der Waals surface area contributed by atoms with Crippen LogP contribution < -0.4 is 5.73 Å². The maximum Gasteiger partial charge on any atom is 0.104 e. The lowest BCUT2D eigenvalue weighted by Crippen LogP contribution is -1.86. The van der Waals surface area contributed by atoms with Crippen molar-refractivity contribution in [3.63, 3.8) is 0 Å². The molecule has 2 nitrogen and oxygen atoms in total. The molecule has 0 unspecified atom stereocenters. The first-order chi connectivity index (χ1) is 10.2. The number of benzene rings is 2. The number of nitrogens with zero attached hydrogens (tertiary/aromatic N) is 1. The molecule has 0 aliphatic rings. The molecular formula is C17H16N2S2. The van der Waals surface area contributed by atoms with Crippen molar-refractivity contribution in [1.29, 1.82) is 0 Å². The fraction of sp³-hybridized carbons (Fsp3) is 0.118. The van der Waals surface area contributed by atoms with Gasteiger partial charge in [-0.1, -0.05) is 29.8 Å². The van der Waals surface area contributed by atoms with Crippen LogP contribution in [0.1, 0.15) is 10.6 Å². The molecule has 0 amide bonds. The molecule has 3 rings (SSSR count). The Bertz CT molecular complexity index is 750. The Hall–Kier alpha value is -1.78. The summed E-state index contributed by atoms with van der Waals surface area (Å²) in [6.07, 6.45) is 0. The summed E-state index contributed by atoms with van der Waals surface area (Å²) >= 11 is 3.52. The van der Waals surface area contributed by atoms with Crippen molar-refractivity contribution < 1.29 is 0 Å². The number of aryl methyl sites for hydroxylation is 1. The Morgan fingerprint density at radius 3 is 2.81 bits per heavy atom. The number of thiazole rings is 1. The topological polar surface area (TPSA) is 38.9 Å². The standard InChI is InChI=1S/C17H16N2S2/c1-12-4-2-7-15(8-12)20-11-17-19-16(10-21-17)13-5-3-6-14(18)9-13/h2-10H,11,18H2,1H3. The molecule has 0 radical (unpaired) electrons. The van der Waals surface area contributed by atoms with E-state index in [9.17, 15) is 0 Å². The van der Waals surface area contributed by atoms with Crippen LogP contribution in [0.15, 0.2) is 58.8 Å². The highest BCUT2D eigenvalue weighted by atomic mass is 32.2. The second kappa shape index (κ2) is 6.33. The van der Waals surface area contributed by atoms with Gasteiger partial charge in [0.05, 0.1) is 11.4 Å². The van der Waals surface area contributed by atoms with Crippen LogP contribution in [0.2, 0.25) is 0 Å². The van der Waals surface area contributed by atoms with Gasteiger partial charge in [0.15, 0.2) is 0 Å². The van der Waals surface area contributed by atoms with E-state index in [0.717, 1.165) is 27.7 Å². The minimum absolute atomic E-state index is 0.774. The first kappa shape index (κ1) is 14.2. The number of aromatic nitrogens is 1. The van der Waals surface area contributed by atoms with Gasteiger partial charge in [0.25, 0.3) is 0 Å². The average molecular weight is 312 g/mol. The third kappa shape index (κ3) is 3.65. The summed E-state index contributed by atoms with van der Waals surface area (Å²) in [6, 6.07) is 16.4. The molecule has 0 bridgehead atoms. The van der Waals surface area contributed by atoms with Crippen molar-refractivity contribution in [1.82, 2.24) is 4.98 Å². The van der Waals surface area contributed by atoms with Gasteiger partial charge in [0.1, 0.15) is 5.01 Å². The van der Waals surface area contributed by atoms with Crippen molar-refractivity contribution in [2.45, 2.75) is 17.6 Å². The van der Waals surface area contributed by atoms with Gasteiger partial charge >= 0.3 is 0 Å².